The van der Waals surface area contributed by atoms with Crippen LogP contribution in [0, 0.1) is 6.92 Å². The highest BCUT2D eigenvalue weighted by Gasteiger charge is 2.13. The standard InChI is InChI=1S/C28H33N5O2/c1-5-8-17-35-24-15-9-21(10-16-24)28(34)29-25-19-27-26(18-20(25)4)30-33(31-27)23-13-11-22(12-14-23)32(6-2)7-3/h9-16,18-19H,5-8,17H2,1-4H3,(H,29,34). The number of rotatable bonds is 10. The Bertz CT molecular complexity index is 1280. The van der Waals surface area contributed by atoms with Crippen molar-refractivity contribution >= 4 is 28.3 Å². The molecule has 7 nitrogen and oxygen atoms in total. The number of aromatic nitrogens is 3. The highest BCUT2D eigenvalue weighted by Crippen LogP contribution is 2.24. The van der Waals surface area contributed by atoms with Crippen LogP contribution in [0.15, 0.2) is 60.7 Å². The zero-order valence-electron chi connectivity index (χ0n) is 20.9. The van der Waals surface area contributed by atoms with E-state index in [4.69, 9.17) is 4.74 Å². The molecule has 0 aliphatic carbocycles. The van der Waals surface area contributed by atoms with E-state index in [1.807, 2.05) is 43.3 Å². The van der Waals surface area contributed by atoms with E-state index in [1.165, 1.54) is 5.69 Å². The zero-order valence-corrected chi connectivity index (χ0v) is 20.9. The van der Waals surface area contributed by atoms with E-state index in [0.29, 0.717) is 12.2 Å². The normalized spacial score (nSPS) is 11.0. The van der Waals surface area contributed by atoms with E-state index in [0.717, 1.165) is 59.7 Å². The molecule has 0 saturated carbocycles. The summed E-state index contributed by atoms with van der Waals surface area (Å²) in [5, 5.41) is 12.3. The number of anilines is 2. The topological polar surface area (TPSA) is 72.3 Å². The van der Waals surface area contributed by atoms with E-state index in [9.17, 15) is 4.79 Å². The molecule has 1 N–H and O–H groups in total. The highest BCUT2D eigenvalue weighted by atomic mass is 16.5. The maximum atomic E-state index is 12.8. The van der Waals surface area contributed by atoms with E-state index >= 15 is 0 Å². The van der Waals surface area contributed by atoms with Crippen molar-refractivity contribution in [3.63, 3.8) is 0 Å². The number of unbranched alkanes of at least 4 members (excludes halogenated alkanes) is 1. The molecular formula is C28H33N5O2. The van der Waals surface area contributed by atoms with E-state index < -0.39 is 0 Å². The number of carbonyl (C=O) groups excluding carboxylic acids is 1. The van der Waals surface area contributed by atoms with Crippen molar-refractivity contribution in [2.45, 2.75) is 40.5 Å². The number of nitrogens with one attached hydrogen (secondary N) is 1. The van der Waals surface area contributed by atoms with Crippen LogP contribution in [-0.4, -0.2) is 40.6 Å². The number of hydrogen-bond donors (Lipinski definition) is 1. The maximum Gasteiger partial charge on any atom is 0.255 e. The Morgan fingerprint density at radius 3 is 2.23 bits per heavy atom. The minimum atomic E-state index is -0.174. The molecule has 0 unspecified atom stereocenters. The summed E-state index contributed by atoms with van der Waals surface area (Å²) in [6.07, 6.45) is 2.09. The summed E-state index contributed by atoms with van der Waals surface area (Å²) in [5.74, 6) is 0.598. The second-order valence-corrected chi connectivity index (χ2v) is 8.51. The molecule has 7 heteroatoms. The Kier molecular flexibility index (Phi) is 7.65. The molecule has 4 rings (SSSR count). The molecule has 0 saturated heterocycles. The van der Waals surface area contributed by atoms with Gasteiger partial charge in [0.15, 0.2) is 0 Å². The smallest absolute Gasteiger partial charge is 0.255 e. The van der Waals surface area contributed by atoms with Crippen LogP contribution in [0.4, 0.5) is 11.4 Å². The third-order valence-electron chi connectivity index (χ3n) is 6.07. The number of carbonyl (C=O) groups is 1. The molecule has 0 aliphatic heterocycles. The summed E-state index contributed by atoms with van der Waals surface area (Å²) in [4.78, 5) is 16.8. The molecule has 182 valence electrons. The van der Waals surface area contributed by atoms with Gasteiger partial charge in [0.1, 0.15) is 16.8 Å². The summed E-state index contributed by atoms with van der Waals surface area (Å²) in [7, 11) is 0. The van der Waals surface area contributed by atoms with Gasteiger partial charge in [-0.05, 0) is 93.4 Å². The predicted octanol–water partition coefficient (Wildman–Crippen LogP) is 6.01. The number of hydrogen-bond acceptors (Lipinski definition) is 5. The van der Waals surface area contributed by atoms with Crippen LogP contribution in [-0.2, 0) is 0 Å². The Morgan fingerprint density at radius 1 is 0.943 bits per heavy atom. The Labute approximate surface area is 206 Å². The Balaban J connectivity index is 1.50. The molecule has 35 heavy (non-hydrogen) atoms. The first kappa shape index (κ1) is 24.3. The lowest BCUT2D eigenvalue weighted by atomic mass is 10.1. The molecule has 1 aromatic heterocycles. The van der Waals surface area contributed by atoms with Crippen molar-refractivity contribution in [1.82, 2.24) is 15.0 Å². The van der Waals surface area contributed by atoms with Crippen LogP contribution in [0.3, 0.4) is 0 Å². The van der Waals surface area contributed by atoms with Gasteiger partial charge >= 0.3 is 0 Å². The van der Waals surface area contributed by atoms with E-state index in [1.54, 1.807) is 16.9 Å². The number of amides is 1. The summed E-state index contributed by atoms with van der Waals surface area (Å²) >= 11 is 0. The molecule has 1 heterocycles. The first-order valence-corrected chi connectivity index (χ1v) is 12.3. The Morgan fingerprint density at radius 2 is 1.60 bits per heavy atom. The van der Waals surface area contributed by atoms with Gasteiger partial charge in [-0.1, -0.05) is 13.3 Å². The summed E-state index contributed by atoms with van der Waals surface area (Å²) in [5.41, 5.74) is 5.78. The minimum absolute atomic E-state index is 0.174. The zero-order chi connectivity index (χ0) is 24.8. The number of ether oxygens (including phenoxy) is 1. The second-order valence-electron chi connectivity index (χ2n) is 8.51. The molecule has 0 fully saturated rings. The highest BCUT2D eigenvalue weighted by molar-refractivity contribution is 6.05. The molecule has 0 spiro atoms. The fraction of sp³-hybridized carbons (Fsp3) is 0.321. The van der Waals surface area contributed by atoms with Crippen molar-refractivity contribution in [3.05, 3.63) is 71.8 Å². The van der Waals surface area contributed by atoms with Gasteiger partial charge in [0.25, 0.3) is 5.91 Å². The van der Waals surface area contributed by atoms with Gasteiger partial charge in [-0.25, -0.2) is 0 Å². The van der Waals surface area contributed by atoms with Crippen LogP contribution < -0.4 is 15.0 Å². The van der Waals surface area contributed by atoms with Crippen LogP contribution in [0.1, 0.15) is 49.5 Å². The van der Waals surface area contributed by atoms with Crippen LogP contribution >= 0.6 is 0 Å². The van der Waals surface area contributed by atoms with Crippen molar-refractivity contribution in [1.29, 1.82) is 0 Å². The third kappa shape index (κ3) is 5.62. The van der Waals surface area contributed by atoms with Crippen LogP contribution in [0.5, 0.6) is 5.75 Å². The molecule has 0 bridgehead atoms. The van der Waals surface area contributed by atoms with Gasteiger partial charge in [0, 0.05) is 30.0 Å². The fourth-order valence-corrected chi connectivity index (χ4v) is 3.93. The first-order chi connectivity index (χ1) is 17.0. The third-order valence-corrected chi connectivity index (χ3v) is 6.07. The average Bonchev–Trinajstić information content (AvgIpc) is 3.28. The van der Waals surface area contributed by atoms with Gasteiger partial charge in [-0.2, -0.15) is 4.80 Å². The van der Waals surface area contributed by atoms with Crippen molar-refractivity contribution in [2.75, 3.05) is 29.9 Å². The summed E-state index contributed by atoms with van der Waals surface area (Å²) < 4.78 is 5.68. The number of benzene rings is 3. The SMILES string of the molecule is CCCCOc1ccc(C(=O)Nc2cc3nn(-c4ccc(N(CC)CC)cc4)nc3cc2C)cc1. The van der Waals surface area contributed by atoms with E-state index in [2.05, 4.69) is 53.3 Å². The second kappa shape index (κ2) is 11.0. The van der Waals surface area contributed by atoms with Gasteiger partial charge in [-0.3, -0.25) is 4.79 Å². The molecule has 0 aliphatic rings. The van der Waals surface area contributed by atoms with Gasteiger partial charge < -0.3 is 15.0 Å². The molecule has 4 aromatic rings. The minimum Gasteiger partial charge on any atom is -0.494 e. The average molecular weight is 472 g/mol. The molecule has 1 amide bonds. The Hall–Kier alpha value is -3.87. The number of nitrogens with zero attached hydrogens (tertiary/aromatic N) is 4. The summed E-state index contributed by atoms with van der Waals surface area (Å²) in [6, 6.07) is 19.3. The van der Waals surface area contributed by atoms with E-state index in [-0.39, 0.29) is 5.91 Å². The fourth-order valence-electron chi connectivity index (χ4n) is 3.93. The molecule has 3 aromatic carbocycles. The van der Waals surface area contributed by atoms with Crippen molar-refractivity contribution in [2.24, 2.45) is 0 Å². The first-order valence-electron chi connectivity index (χ1n) is 12.3. The monoisotopic (exact) mass is 471 g/mol. The molecule has 0 atom stereocenters. The van der Waals surface area contributed by atoms with Crippen LogP contribution in [0.25, 0.3) is 16.7 Å². The van der Waals surface area contributed by atoms with Gasteiger partial charge in [-0.15, -0.1) is 10.2 Å². The lowest BCUT2D eigenvalue weighted by Gasteiger charge is -2.20. The van der Waals surface area contributed by atoms with Crippen molar-refractivity contribution < 1.29 is 9.53 Å². The lowest BCUT2D eigenvalue weighted by molar-refractivity contribution is 0.102. The molecular weight excluding hydrogens is 438 g/mol. The quantitative estimate of drug-likeness (QED) is 0.287. The largest absolute Gasteiger partial charge is 0.494 e. The lowest BCUT2D eigenvalue weighted by Crippen LogP contribution is -2.21. The van der Waals surface area contributed by atoms with Crippen LogP contribution in [0.2, 0.25) is 0 Å². The molecule has 0 radical (unpaired) electrons. The van der Waals surface area contributed by atoms with Gasteiger partial charge in [0.05, 0.1) is 12.3 Å². The maximum absolute atomic E-state index is 12.8. The summed E-state index contributed by atoms with van der Waals surface area (Å²) in [6.45, 7) is 11.0. The predicted molar refractivity (Wildman–Crippen MR) is 142 cm³/mol. The van der Waals surface area contributed by atoms with Crippen molar-refractivity contribution in [3.8, 4) is 11.4 Å². The van der Waals surface area contributed by atoms with Gasteiger partial charge in [0.2, 0.25) is 0 Å². The number of fused-ring (bicyclic) bond motifs is 1. The number of aryl methyl sites for hydroxylation is 1.